The van der Waals surface area contributed by atoms with E-state index in [2.05, 4.69) is 39.4 Å². The van der Waals surface area contributed by atoms with Gasteiger partial charge in [0.1, 0.15) is 6.54 Å². The number of hydrogen-bond donors (Lipinski definition) is 1. The van der Waals surface area contributed by atoms with Crippen molar-refractivity contribution in [3.8, 4) is 17.2 Å². The lowest BCUT2D eigenvalue weighted by Gasteiger charge is -2.33. The standard InChI is InChI=1S/C37H46N6O5/c1-38-33(44)25-43-30-14-9-8-13-29(30)39-36(43)41-18-10-17-40(21-22-41)19-15-37(28-11-6-5-7-12-28)16-20-42(26-37)35(45)27-23-31(46-2)34(48-4)32(24-27)47-3/h5-9,11-14,23-24H,10,15-22,25-26H2,1-4H3,(H,38,44). The summed E-state index contributed by atoms with van der Waals surface area (Å²) in [6.45, 7) is 6.01. The van der Waals surface area contributed by atoms with Crippen LogP contribution in [0.2, 0.25) is 0 Å². The number of nitrogens with one attached hydrogen (secondary N) is 1. The third-order valence-corrected chi connectivity index (χ3v) is 9.93. The molecule has 0 radical (unpaired) electrons. The summed E-state index contributed by atoms with van der Waals surface area (Å²) >= 11 is 0. The summed E-state index contributed by atoms with van der Waals surface area (Å²) in [6.07, 6.45) is 2.81. The van der Waals surface area contributed by atoms with Crippen molar-refractivity contribution in [1.29, 1.82) is 0 Å². The number of hydrogen-bond acceptors (Lipinski definition) is 8. The Morgan fingerprint density at radius 1 is 0.875 bits per heavy atom. The van der Waals surface area contributed by atoms with E-state index in [1.54, 1.807) is 40.5 Å². The van der Waals surface area contributed by atoms with Crippen molar-refractivity contribution < 1.29 is 23.8 Å². The van der Waals surface area contributed by atoms with E-state index in [0.717, 1.165) is 69.0 Å². The van der Waals surface area contributed by atoms with Gasteiger partial charge in [-0.1, -0.05) is 42.5 Å². The van der Waals surface area contributed by atoms with Gasteiger partial charge in [0.25, 0.3) is 5.91 Å². The molecule has 0 bridgehead atoms. The quantitative estimate of drug-likeness (QED) is 0.257. The highest BCUT2D eigenvalue weighted by Crippen LogP contribution is 2.41. The third-order valence-electron chi connectivity index (χ3n) is 9.93. The van der Waals surface area contributed by atoms with Crippen LogP contribution < -0.4 is 24.4 Å². The van der Waals surface area contributed by atoms with Crippen molar-refractivity contribution in [3.63, 3.8) is 0 Å². The number of nitrogens with zero attached hydrogens (tertiary/aromatic N) is 5. The summed E-state index contributed by atoms with van der Waals surface area (Å²) < 4.78 is 18.6. The number of carbonyl (C=O) groups is 2. The molecule has 48 heavy (non-hydrogen) atoms. The molecule has 0 spiro atoms. The lowest BCUT2D eigenvalue weighted by atomic mass is 9.76. The molecule has 3 aromatic carbocycles. The first-order chi connectivity index (χ1) is 23.4. The van der Waals surface area contributed by atoms with E-state index in [-0.39, 0.29) is 23.8 Å². The van der Waals surface area contributed by atoms with Crippen molar-refractivity contribution in [3.05, 3.63) is 77.9 Å². The minimum atomic E-state index is -0.162. The van der Waals surface area contributed by atoms with E-state index >= 15 is 0 Å². The normalized spacial score (nSPS) is 18.5. The van der Waals surface area contributed by atoms with Gasteiger partial charge >= 0.3 is 0 Å². The number of amides is 2. The Balaban J connectivity index is 1.17. The molecule has 2 aliphatic rings. The number of methoxy groups -OCH3 is 3. The summed E-state index contributed by atoms with van der Waals surface area (Å²) in [5, 5.41) is 2.76. The molecule has 0 aliphatic carbocycles. The second-order valence-corrected chi connectivity index (χ2v) is 12.6. The highest BCUT2D eigenvalue weighted by molar-refractivity contribution is 5.96. The number of anilines is 1. The Hall–Kier alpha value is -4.77. The minimum absolute atomic E-state index is 0.0443. The molecular weight excluding hydrogens is 608 g/mol. The predicted octanol–water partition coefficient (Wildman–Crippen LogP) is 4.19. The first-order valence-corrected chi connectivity index (χ1v) is 16.7. The Bertz CT molecular complexity index is 1720. The fourth-order valence-electron chi connectivity index (χ4n) is 7.26. The number of likely N-dealkylation sites (tertiary alicyclic amines) is 1. The maximum absolute atomic E-state index is 13.9. The van der Waals surface area contributed by atoms with E-state index in [9.17, 15) is 9.59 Å². The van der Waals surface area contributed by atoms with Gasteiger partial charge in [-0.15, -0.1) is 0 Å². The molecule has 11 heteroatoms. The van der Waals surface area contributed by atoms with Gasteiger partial charge in [-0.25, -0.2) is 4.98 Å². The smallest absolute Gasteiger partial charge is 0.254 e. The number of fused-ring (bicyclic) bond motifs is 1. The summed E-state index contributed by atoms with van der Waals surface area (Å²) in [5.41, 5.74) is 3.49. The number of likely N-dealkylation sites (N-methyl/N-ethyl adjacent to an activating group) is 1. The maximum atomic E-state index is 13.9. The zero-order valence-electron chi connectivity index (χ0n) is 28.4. The monoisotopic (exact) mass is 654 g/mol. The van der Waals surface area contributed by atoms with Gasteiger partial charge < -0.3 is 38.8 Å². The molecule has 1 N–H and O–H groups in total. The summed E-state index contributed by atoms with van der Waals surface area (Å²) in [6, 6.07) is 22.1. The Morgan fingerprint density at radius 2 is 1.60 bits per heavy atom. The number of aromatic nitrogens is 2. The number of para-hydroxylation sites is 2. The Morgan fingerprint density at radius 3 is 2.31 bits per heavy atom. The molecule has 1 unspecified atom stereocenters. The van der Waals surface area contributed by atoms with Gasteiger partial charge in [0, 0.05) is 50.7 Å². The largest absolute Gasteiger partial charge is 0.493 e. The van der Waals surface area contributed by atoms with Crippen molar-refractivity contribution in [2.24, 2.45) is 0 Å². The summed E-state index contributed by atoms with van der Waals surface area (Å²) in [7, 11) is 6.35. The van der Waals surface area contributed by atoms with Gasteiger partial charge in [0.05, 0.1) is 32.4 Å². The van der Waals surface area contributed by atoms with Crippen LogP contribution in [0.4, 0.5) is 5.95 Å². The average molecular weight is 655 g/mol. The molecule has 2 fully saturated rings. The molecule has 0 saturated carbocycles. The summed E-state index contributed by atoms with van der Waals surface area (Å²) in [4.78, 5) is 38.2. The van der Waals surface area contributed by atoms with Crippen LogP contribution in [0.5, 0.6) is 17.2 Å². The number of imidazole rings is 1. The molecule has 2 aliphatic heterocycles. The lowest BCUT2D eigenvalue weighted by Crippen LogP contribution is -2.39. The van der Waals surface area contributed by atoms with Crippen LogP contribution in [-0.4, -0.2) is 105 Å². The zero-order chi connectivity index (χ0) is 33.7. The molecular formula is C37H46N6O5. The van der Waals surface area contributed by atoms with Gasteiger partial charge in [-0.3, -0.25) is 9.59 Å². The van der Waals surface area contributed by atoms with Gasteiger partial charge in [0.2, 0.25) is 17.6 Å². The first-order valence-electron chi connectivity index (χ1n) is 16.7. The zero-order valence-corrected chi connectivity index (χ0v) is 28.4. The first kappa shape index (κ1) is 33.1. The fourth-order valence-corrected chi connectivity index (χ4v) is 7.26. The maximum Gasteiger partial charge on any atom is 0.254 e. The van der Waals surface area contributed by atoms with Crippen LogP contribution in [0.3, 0.4) is 0 Å². The fraction of sp³-hybridized carbons (Fsp3) is 0.432. The number of benzene rings is 3. The molecule has 2 saturated heterocycles. The third kappa shape index (κ3) is 6.64. The Kier molecular flexibility index (Phi) is 10.0. The second-order valence-electron chi connectivity index (χ2n) is 12.6. The minimum Gasteiger partial charge on any atom is -0.493 e. The van der Waals surface area contributed by atoms with Gasteiger partial charge in [-0.2, -0.15) is 0 Å². The van der Waals surface area contributed by atoms with Crippen molar-refractivity contribution in [2.45, 2.75) is 31.2 Å². The van der Waals surface area contributed by atoms with E-state index < -0.39 is 0 Å². The summed E-state index contributed by atoms with van der Waals surface area (Å²) in [5.74, 6) is 2.16. The highest BCUT2D eigenvalue weighted by Gasteiger charge is 2.42. The Labute approximate surface area is 282 Å². The number of ether oxygens (including phenoxy) is 3. The van der Waals surface area contributed by atoms with Crippen LogP contribution in [0.25, 0.3) is 11.0 Å². The van der Waals surface area contributed by atoms with Crippen LogP contribution in [-0.2, 0) is 16.8 Å². The lowest BCUT2D eigenvalue weighted by molar-refractivity contribution is -0.121. The van der Waals surface area contributed by atoms with Crippen molar-refractivity contribution in [1.82, 2.24) is 24.7 Å². The highest BCUT2D eigenvalue weighted by atomic mass is 16.5. The SMILES string of the molecule is CNC(=O)Cn1c(N2CCCN(CCC3(c4ccccc4)CCN(C(=O)c4cc(OC)c(OC)c(OC)c4)C3)CC2)nc2ccccc21. The second kappa shape index (κ2) is 14.6. The van der Waals surface area contributed by atoms with Crippen LogP contribution >= 0.6 is 0 Å². The number of carbonyl (C=O) groups excluding carboxylic acids is 2. The van der Waals surface area contributed by atoms with Crippen LogP contribution in [0.15, 0.2) is 66.7 Å². The topological polar surface area (TPSA) is 101 Å². The molecule has 2 amide bonds. The van der Waals surface area contributed by atoms with Crippen molar-refractivity contribution in [2.75, 3.05) is 79.1 Å². The van der Waals surface area contributed by atoms with E-state index in [4.69, 9.17) is 19.2 Å². The molecule has 1 atom stereocenters. The van der Waals surface area contributed by atoms with E-state index in [1.807, 2.05) is 39.8 Å². The average Bonchev–Trinajstić information content (AvgIpc) is 3.64. The molecule has 3 heterocycles. The van der Waals surface area contributed by atoms with E-state index in [1.165, 1.54) is 5.56 Å². The van der Waals surface area contributed by atoms with E-state index in [0.29, 0.717) is 35.9 Å². The molecule has 1 aromatic heterocycles. The number of rotatable bonds is 11. The van der Waals surface area contributed by atoms with Crippen molar-refractivity contribution >= 4 is 28.8 Å². The van der Waals surface area contributed by atoms with Crippen LogP contribution in [0.1, 0.15) is 35.2 Å². The van der Waals surface area contributed by atoms with Gasteiger partial charge in [-0.05, 0) is 62.2 Å². The predicted molar refractivity (Wildman–Crippen MR) is 186 cm³/mol. The van der Waals surface area contributed by atoms with Gasteiger partial charge in [0.15, 0.2) is 11.5 Å². The molecule has 254 valence electrons. The van der Waals surface area contributed by atoms with Crippen LogP contribution in [0, 0.1) is 0 Å². The molecule has 4 aromatic rings. The molecule has 6 rings (SSSR count). The molecule has 11 nitrogen and oxygen atoms in total.